The van der Waals surface area contributed by atoms with Gasteiger partial charge in [0.25, 0.3) is 0 Å². The van der Waals surface area contributed by atoms with Gasteiger partial charge in [0.1, 0.15) is 17.6 Å². The van der Waals surface area contributed by atoms with E-state index in [-0.39, 0.29) is 5.41 Å². The van der Waals surface area contributed by atoms with E-state index in [4.69, 9.17) is 16.3 Å². The third-order valence-electron chi connectivity index (χ3n) is 3.23. The lowest BCUT2D eigenvalue weighted by Crippen LogP contribution is -2.13. The number of halogens is 1. The molecule has 0 N–H and O–H groups in total. The Hall–Kier alpha value is -1.98. The van der Waals surface area contributed by atoms with E-state index in [1.165, 1.54) is 5.56 Å². The summed E-state index contributed by atoms with van der Waals surface area (Å²) in [6, 6.07) is 13.2. The SMILES string of the molecule is Cc1ccc(Oc2cc(Cl)ccc2C#N)c(C(C)(C)C)c1. The van der Waals surface area contributed by atoms with Gasteiger partial charge < -0.3 is 4.74 Å². The molecule has 2 aromatic carbocycles. The third kappa shape index (κ3) is 3.56. The van der Waals surface area contributed by atoms with E-state index in [9.17, 15) is 5.26 Å². The van der Waals surface area contributed by atoms with Crippen LogP contribution in [-0.4, -0.2) is 0 Å². The molecule has 0 aliphatic heterocycles. The fourth-order valence-corrected chi connectivity index (χ4v) is 2.27. The number of rotatable bonds is 2. The monoisotopic (exact) mass is 299 g/mol. The van der Waals surface area contributed by atoms with Crippen LogP contribution in [0.3, 0.4) is 0 Å². The summed E-state index contributed by atoms with van der Waals surface area (Å²) in [4.78, 5) is 0. The van der Waals surface area contributed by atoms with Crippen molar-refractivity contribution < 1.29 is 4.74 Å². The Morgan fingerprint density at radius 2 is 1.76 bits per heavy atom. The van der Waals surface area contributed by atoms with Gasteiger partial charge in [0.15, 0.2) is 0 Å². The van der Waals surface area contributed by atoms with Crippen LogP contribution in [0.25, 0.3) is 0 Å². The molecule has 0 heterocycles. The zero-order chi connectivity index (χ0) is 15.6. The summed E-state index contributed by atoms with van der Waals surface area (Å²) < 4.78 is 5.99. The van der Waals surface area contributed by atoms with Crippen LogP contribution >= 0.6 is 11.6 Å². The highest BCUT2D eigenvalue weighted by Crippen LogP contribution is 2.36. The van der Waals surface area contributed by atoms with E-state index < -0.39 is 0 Å². The molecule has 0 radical (unpaired) electrons. The molecule has 0 amide bonds. The Kier molecular flexibility index (Phi) is 4.25. The molecule has 2 nitrogen and oxygen atoms in total. The summed E-state index contributed by atoms with van der Waals surface area (Å²) >= 11 is 6.01. The fourth-order valence-electron chi connectivity index (χ4n) is 2.11. The summed E-state index contributed by atoms with van der Waals surface area (Å²) in [6.07, 6.45) is 0. The molecule has 0 unspecified atom stereocenters. The van der Waals surface area contributed by atoms with Crippen LogP contribution in [0, 0.1) is 18.3 Å². The molecule has 0 aromatic heterocycles. The van der Waals surface area contributed by atoms with E-state index in [1.807, 2.05) is 12.1 Å². The van der Waals surface area contributed by atoms with Crippen molar-refractivity contribution >= 4 is 11.6 Å². The molecular weight excluding hydrogens is 282 g/mol. The first-order valence-corrected chi connectivity index (χ1v) is 7.17. The first kappa shape index (κ1) is 15.4. The maximum Gasteiger partial charge on any atom is 0.146 e. The summed E-state index contributed by atoms with van der Waals surface area (Å²) in [5, 5.41) is 9.74. The maximum atomic E-state index is 9.19. The lowest BCUT2D eigenvalue weighted by atomic mass is 9.85. The van der Waals surface area contributed by atoms with Gasteiger partial charge in [0.05, 0.1) is 5.56 Å². The van der Waals surface area contributed by atoms with Crippen LogP contribution in [0.15, 0.2) is 36.4 Å². The minimum atomic E-state index is -0.0489. The van der Waals surface area contributed by atoms with E-state index in [1.54, 1.807) is 18.2 Å². The largest absolute Gasteiger partial charge is 0.456 e. The molecule has 0 saturated carbocycles. The zero-order valence-corrected chi connectivity index (χ0v) is 13.5. The number of aryl methyl sites for hydroxylation is 1. The van der Waals surface area contributed by atoms with E-state index in [0.717, 1.165) is 11.3 Å². The van der Waals surface area contributed by atoms with Crippen molar-refractivity contribution in [1.29, 1.82) is 5.26 Å². The minimum Gasteiger partial charge on any atom is -0.456 e. The van der Waals surface area contributed by atoms with E-state index in [0.29, 0.717) is 16.3 Å². The number of nitrogens with zero attached hydrogens (tertiary/aromatic N) is 1. The Balaban J connectivity index is 2.50. The van der Waals surface area contributed by atoms with Gasteiger partial charge in [0, 0.05) is 16.7 Å². The number of benzene rings is 2. The lowest BCUT2D eigenvalue weighted by Gasteiger charge is -2.23. The molecule has 21 heavy (non-hydrogen) atoms. The van der Waals surface area contributed by atoms with Crippen molar-refractivity contribution in [2.24, 2.45) is 0 Å². The standard InChI is InChI=1S/C18H18ClNO/c1-12-5-8-16(15(9-12)18(2,3)4)21-17-10-14(19)7-6-13(17)11-20/h5-10H,1-4H3. The van der Waals surface area contributed by atoms with Crippen molar-refractivity contribution in [2.45, 2.75) is 33.1 Å². The second-order valence-corrected chi connectivity index (χ2v) is 6.54. The summed E-state index contributed by atoms with van der Waals surface area (Å²) in [6.45, 7) is 8.46. The first-order valence-electron chi connectivity index (χ1n) is 6.80. The second kappa shape index (κ2) is 5.79. The Morgan fingerprint density at radius 1 is 1.05 bits per heavy atom. The Morgan fingerprint density at radius 3 is 2.38 bits per heavy atom. The summed E-state index contributed by atoms with van der Waals surface area (Å²) in [5.74, 6) is 1.24. The molecule has 108 valence electrons. The number of hydrogen-bond acceptors (Lipinski definition) is 2. The van der Waals surface area contributed by atoms with Gasteiger partial charge in [-0.25, -0.2) is 0 Å². The van der Waals surface area contributed by atoms with Crippen molar-refractivity contribution in [2.75, 3.05) is 0 Å². The lowest BCUT2D eigenvalue weighted by molar-refractivity contribution is 0.454. The maximum absolute atomic E-state index is 9.19. The molecular formula is C18H18ClNO. The highest BCUT2D eigenvalue weighted by molar-refractivity contribution is 6.30. The average Bonchev–Trinajstić information content (AvgIpc) is 2.40. The molecule has 2 rings (SSSR count). The second-order valence-electron chi connectivity index (χ2n) is 6.10. The van der Waals surface area contributed by atoms with Crippen molar-refractivity contribution in [3.63, 3.8) is 0 Å². The predicted molar refractivity (Wildman–Crippen MR) is 86.1 cm³/mol. The van der Waals surface area contributed by atoms with E-state index >= 15 is 0 Å². The molecule has 2 aromatic rings. The minimum absolute atomic E-state index is 0.0489. The summed E-state index contributed by atoms with van der Waals surface area (Å²) in [5.41, 5.74) is 2.71. The summed E-state index contributed by atoms with van der Waals surface area (Å²) in [7, 11) is 0. The van der Waals surface area contributed by atoms with Crippen LogP contribution in [0.4, 0.5) is 0 Å². The van der Waals surface area contributed by atoms with Crippen molar-refractivity contribution in [3.05, 3.63) is 58.1 Å². The third-order valence-corrected chi connectivity index (χ3v) is 3.46. The average molecular weight is 300 g/mol. The smallest absolute Gasteiger partial charge is 0.146 e. The Bertz CT molecular complexity index is 708. The number of hydrogen-bond donors (Lipinski definition) is 0. The molecule has 0 aliphatic rings. The quantitative estimate of drug-likeness (QED) is 0.722. The van der Waals surface area contributed by atoms with Gasteiger partial charge in [-0.15, -0.1) is 0 Å². The van der Waals surface area contributed by atoms with E-state index in [2.05, 4.69) is 39.8 Å². The van der Waals surface area contributed by atoms with Gasteiger partial charge in [-0.2, -0.15) is 5.26 Å². The van der Waals surface area contributed by atoms with Gasteiger partial charge in [-0.1, -0.05) is 50.1 Å². The Labute approximate surface area is 130 Å². The molecule has 0 spiro atoms. The van der Waals surface area contributed by atoms with Gasteiger partial charge in [0.2, 0.25) is 0 Å². The van der Waals surface area contributed by atoms with Crippen LogP contribution in [0.2, 0.25) is 5.02 Å². The van der Waals surface area contributed by atoms with Gasteiger partial charge >= 0.3 is 0 Å². The van der Waals surface area contributed by atoms with Gasteiger partial charge in [-0.05, 0) is 30.5 Å². The van der Waals surface area contributed by atoms with Crippen LogP contribution in [-0.2, 0) is 5.41 Å². The van der Waals surface area contributed by atoms with Gasteiger partial charge in [-0.3, -0.25) is 0 Å². The van der Waals surface area contributed by atoms with Crippen LogP contribution in [0.5, 0.6) is 11.5 Å². The molecule has 0 saturated heterocycles. The highest BCUT2D eigenvalue weighted by Gasteiger charge is 2.20. The fraction of sp³-hybridized carbons (Fsp3) is 0.278. The van der Waals surface area contributed by atoms with Crippen molar-refractivity contribution in [1.82, 2.24) is 0 Å². The molecule has 3 heteroatoms. The highest BCUT2D eigenvalue weighted by atomic mass is 35.5. The topological polar surface area (TPSA) is 33.0 Å². The zero-order valence-electron chi connectivity index (χ0n) is 12.7. The van der Waals surface area contributed by atoms with Crippen LogP contribution in [0.1, 0.15) is 37.5 Å². The predicted octanol–water partition coefficient (Wildman–Crippen LogP) is 5.61. The molecule has 0 fully saturated rings. The molecule has 0 aliphatic carbocycles. The molecule has 0 bridgehead atoms. The number of nitriles is 1. The normalized spacial score (nSPS) is 11.0. The number of ether oxygens (including phenoxy) is 1. The van der Waals surface area contributed by atoms with Crippen LogP contribution < -0.4 is 4.74 Å². The first-order chi connectivity index (χ1) is 9.81. The van der Waals surface area contributed by atoms with Crippen molar-refractivity contribution in [3.8, 4) is 17.6 Å². The molecule has 0 atom stereocenters.